The lowest BCUT2D eigenvalue weighted by atomic mass is 10.1. The highest BCUT2D eigenvalue weighted by Gasteiger charge is 2.18. The summed E-state index contributed by atoms with van der Waals surface area (Å²) in [5.74, 6) is -0.0548. The molecule has 0 atom stereocenters. The van der Waals surface area contributed by atoms with E-state index in [1.807, 2.05) is 42.5 Å². The van der Waals surface area contributed by atoms with Crippen molar-refractivity contribution in [1.29, 1.82) is 0 Å². The monoisotopic (exact) mass is 380 g/mol. The maximum absolute atomic E-state index is 12.5. The first-order valence-electron chi connectivity index (χ1n) is 8.28. The van der Waals surface area contributed by atoms with Gasteiger partial charge in [-0.2, -0.15) is 0 Å². The SMILES string of the molecule is O=S(=O)(Cc1ccc2ccccc2c1)Cc1nnc(-c2ccc(O)cc2)o1. The van der Waals surface area contributed by atoms with E-state index < -0.39 is 9.84 Å². The molecule has 6 nitrogen and oxygen atoms in total. The fourth-order valence-corrected chi connectivity index (χ4v) is 4.14. The summed E-state index contributed by atoms with van der Waals surface area (Å²) in [6.07, 6.45) is 0. The van der Waals surface area contributed by atoms with Gasteiger partial charge in [-0.3, -0.25) is 0 Å². The fraction of sp³-hybridized carbons (Fsp3) is 0.100. The summed E-state index contributed by atoms with van der Waals surface area (Å²) in [7, 11) is -3.47. The lowest BCUT2D eigenvalue weighted by molar-refractivity contribution is 0.475. The summed E-state index contributed by atoms with van der Waals surface area (Å²) in [5.41, 5.74) is 1.32. The number of phenolic OH excluding ortho intramolecular Hbond substituents is 1. The summed E-state index contributed by atoms with van der Waals surface area (Å²) in [5, 5.41) is 19.1. The summed E-state index contributed by atoms with van der Waals surface area (Å²) in [6.45, 7) is 0. The van der Waals surface area contributed by atoms with Crippen LogP contribution in [0.15, 0.2) is 71.1 Å². The highest BCUT2D eigenvalue weighted by atomic mass is 32.2. The maximum atomic E-state index is 12.5. The molecule has 0 fully saturated rings. The minimum atomic E-state index is -3.47. The number of hydrogen-bond donors (Lipinski definition) is 1. The highest BCUT2D eigenvalue weighted by Crippen LogP contribution is 2.22. The summed E-state index contributed by atoms with van der Waals surface area (Å²) < 4.78 is 30.5. The van der Waals surface area contributed by atoms with E-state index in [2.05, 4.69) is 10.2 Å². The number of nitrogens with zero attached hydrogens (tertiary/aromatic N) is 2. The Hall–Kier alpha value is -3.19. The van der Waals surface area contributed by atoms with Gasteiger partial charge in [0, 0.05) is 5.56 Å². The van der Waals surface area contributed by atoms with E-state index in [0.29, 0.717) is 11.1 Å². The summed E-state index contributed by atoms with van der Waals surface area (Å²) in [6, 6.07) is 19.6. The lowest BCUT2D eigenvalue weighted by Gasteiger charge is -2.04. The Kier molecular flexibility index (Phi) is 4.37. The number of rotatable bonds is 5. The predicted octanol–water partition coefficient (Wildman–Crippen LogP) is 3.71. The standard InChI is InChI=1S/C20H16N2O4S/c23-18-9-7-16(8-10-18)20-22-21-19(26-20)13-27(24,25)12-14-5-6-15-3-1-2-4-17(15)11-14/h1-11,23H,12-13H2. The van der Waals surface area contributed by atoms with E-state index >= 15 is 0 Å². The Labute approximate surface area is 156 Å². The molecular weight excluding hydrogens is 364 g/mol. The molecule has 0 bridgehead atoms. The van der Waals surface area contributed by atoms with Gasteiger partial charge < -0.3 is 9.52 Å². The van der Waals surface area contributed by atoms with Gasteiger partial charge in [0.2, 0.25) is 11.8 Å². The van der Waals surface area contributed by atoms with Crippen molar-refractivity contribution in [3.05, 3.63) is 78.2 Å². The number of sulfone groups is 1. The molecule has 4 aromatic rings. The van der Waals surface area contributed by atoms with Gasteiger partial charge in [0.05, 0.1) is 5.75 Å². The molecule has 0 saturated heterocycles. The van der Waals surface area contributed by atoms with Crippen molar-refractivity contribution in [2.24, 2.45) is 0 Å². The van der Waals surface area contributed by atoms with E-state index in [9.17, 15) is 13.5 Å². The van der Waals surface area contributed by atoms with Crippen molar-refractivity contribution >= 4 is 20.6 Å². The Balaban J connectivity index is 1.51. The van der Waals surface area contributed by atoms with Crippen LogP contribution in [0, 0.1) is 0 Å². The van der Waals surface area contributed by atoms with Crippen LogP contribution < -0.4 is 0 Å². The molecule has 0 aliphatic heterocycles. The molecule has 0 radical (unpaired) electrons. The molecule has 1 aromatic heterocycles. The van der Waals surface area contributed by atoms with Gasteiger partial charge in [-0.05, 0) is 40.6 Å². The van der Waals surface area contributed by atoms with Gasteiger partial charge in [-0.15, -0.1) is 10.2 Å². The van der Waals surface area contributed by atoms with Gasteiger partial charge in [0.25, 0.3) is 0 Å². The molecule has 0 unspecified atom stereocenters. The number of aromatic hydroxyl groups is 1. The van der Waals surface area contributed by atoms with Crippen LogP contribution in [0.4, 0.5) is 0 Å². The topological polar surface area (TPSA) is 93.3 Å². The van der Waals surface area contributed by atoms with Crippen LogP contribution in [0.3, 0.4) is 0 Å². The van der Waals surface area contributed by atoms with Gasteiger partial charge >= 0.3 is 0 Å². The first kappa shape index (κ1) is 17.2. The Morgan fingerprint density at radius 3 is 2.37 bits per heavy atom. The van der Waals surface area contributed by atoms with Crippen LogP contribution in [0.5, 0.6) is 5.75 Å². The number of fused-ring (bicyclic) bond motifs is 1. The van der Waals surface area contributed by atoms with Crippen molar-refractivity contribution in [3.8, 4) is 17.2 Å². The highest BCUT2D eigenvalue weighted by molar-refractivity contribution is 7.89. The molecule has 3 aromatic carbocycles. The smallest absolute Gasteiger partial charge is 0.247 e. The average molecular weight is 380 g/mol. The molecule has 7 heteroatoms. The molecule has 0 amide bonds. The fourth-order valence-electron chi connectivity index (χ4n) is 2.85. The number of hydrogen-bond acceptors (Lipinski definition) is 6. The van der Waals surface area contributed by atoms with Gasteiger partial charge in [-0.1, -0.05) is 42.5 Å². The van der Waals surface area contributed by atoms with Crippen LogP contribution in [0.2, 0.25) is 0 Å². The normalized spacial score (nSPS) is 11.7. The van der Waals surface area contributed by atoms with Crippen LogP contribution in [-0.4, -0.2) is 23.7 Å². The number of phenols is 1. The van der Waals surface area contributed by atoms with Crippen LogP contribution in [0.1, 0.15) is 11.5 Å². The van der Waals surface area contributed by atoms with Crippen molar-refractivity contribution in [2.45, 2.75) is 11.5 Å². The molecule has 1 N–H and O–H groups in total. The van der Waals surface area contributed by atoms with E-state index in [-0.39, 0.29) is 29.0 Å². The molecule has 4 rings (SSSR count). The number of benzene rings is 3. The Bertz CT molecular complexity index is 1200. The molecule has 0 aliphatic carbocycles. The van der Waals surface area contributed by atoms with E-state index in [0.717, 1.165) is 10.8 Å². The molecule has 0 spiro atoms. The zero-order valence-electron chi connectivity index (χ0n) is 14.2. The minimum absolute atomic E-state index is 0.0406. The quantitative estimate of drug-likeness (QED) is 0.567. The third kappa shape index (κ3) is 3.98. The van der Waals surface area contributed by atoms with E-state index in [4.69, 9.17) is 4.42 Å². The second-order valence-corrected chi connectivity index (χ2v) is 8.33. The third-order valence-electron chi connectivity index (χ3n) is 4.12. The molecule has 136 valence electrons. The third-order valence-corrected chi connectivity index (χ3v) is 5.58. The molecule has 1 heterocycles. The van der Waals surface area contributed by atoms with E-state index in [1.54, 1.807) is 12.1 Å². The second-order valence-electron chi connectivity index (χ2n) is 6.26. The summed E-state index contributed by atoms with van der Waals surface area (Å²) in [4.78, 5) is 0. The van der Waals surface area contributed by atoms with Gasteiger partial charge in [-0.25, -0.2) is 8.42 Å². The first-order valence-corrected chi connectivity index (χ1v) is 10.1. The second kappa shape index (κ2) is 6.85. The Morgan fingerprint density at radius 1 is 0.852 bits per heavy atom. The van der Waals surface area contributed by atoms with Crippen LogP contribution in [-0.2, 0) is 21.3 Å². The van der Waals surface area contributed by atoms with Crippen LogP contribution >= 0.6 is 0 Å². The zero-order chi connectivity index (χ0) is 18.9. The molecule has 27 heavy (non-hydrogen) atoms. The molecule has 0 aliphatic rings. The molecule has 0 saturated carbocycles. The Morgan fingerprint density at radius 2 is 1.59 bits per heavy atom. The maximum Gasteiger partial charge on any atom is 0.247 e. The number of aromatic nitrogens is 2. The minimum Gasteiger partial charge on any atom is -0.508 e. The average Bonchev–Trinajstić information content (AvgIpc) is 3.09. The zero-order valence-corrected chi connectivity index (χ0v) is 15.1. The predicted molar refractivity (Wildman–Crippen MR) is 102 cm³/mol. The van der Waals surface area contributed by atoms with Crippen LogP contribution in [0.25, 0.3) is 22.2 Å². The molecular formula is C20H16N2O4S. The van der Waals surface area contributed by atoms with E-state index in [1.165, 1.54) is 12.1 Å². The van der Waals surface area contributed by atoms with Crippen molar-refractivity contribution in [3.63, 3.8) is 0 Å². The largest absolute Gasteiger partial charge is 0.508 e. The van der Waals surface area contributed by atoms with Crippen molar-refractivity contribution in [2.75, 3.05) is 0 Å². The van der Waals surface area contributed by atoms with Crippen molar-refractivity contribution < 1.29 is 17.9 Å². The lowest BCUT2D eigenvalue weighted by Crippen LogP contribution is -2.08. The first-order chi connectivity index (χ1) is 13.0. The van der Waals surface area contributed by atoms with Gasteiger partial charge in [0.15, 0.2) is 9.84 Å². The van der Waals surface area contributed by atoms with Gasteiger partial charge in [0.1, 0.15) is 11.5 Å². The summed E-state index contributed by atoms with van der Waals surface area (Å²) >= 11 is 0. The van der Waals surface area contributed by atoms with Crippen molar-refractivity contribution in [1.82, 2.24) is 10.2 Å².